The molecule has 0 aliphatic heterocycles. The predicted octanol–water partition coefficient (Wildman–Crippen LogP) is -0.895. The summed E-state index contributed by atoms with van der Waals surface area (Å²) in [6.45, 7) is 0. The Bertz CT molecular complexity index is 63.4. The van der Waals surface area contributed by atoms with Gasteiger partial charge in [0, 0.05) is 0 Å². The summed E-state index contributed by atoms with van der Waals surface area (Å²) in [4.78, 5) is 0. The van der Waals surface area contributed by atoms with Gasteiger partial charge in [-0.1, -0.05) is 0 Å². The SMILES string of the molecule is [Si]OC#CO[Si]. The van der Waals surface area contributed by atoms with Crippen molar-refractivity contribution in [1.82, 2.24) is 0 Å². The third-order valence-corrected chi connectivity index (χ3v) is 0.348. The Labute approximate surface area is 42.9 Å². The Balaban J connectivity index is 2.90. The number of hydrogen-bond donors (Lipinski definition) is 0. The highest BCUT2D eigenvalue weighted by Crippen LogP contribution is 1.52. The highest BCUT2D eigenvalue weighted by Gasteiger charge is 1.55. The first kappa shape index (κ1) is 5.59. The molecule has 0 unspecified atom stereocenters. The van der Waals surface area contributed by atoms with Crippen molar-refractivity contribution in [3.63, 3.8) is 0 Å². The van der Waals surface area contributed by atoms with E-state index < -0.39 is 0 Å². The van der Waals surface area contributed by atoms with Crippen LogP contribution in [0.1, 0.15) is 0 Å². The molecule has 0 heterocycles. The molecule has 6 radical (unpaired) electrons. The molecule has 0 aliphatic rings. The zero-order valence-electron chi connectivity index (χ0n) is 2.82. The zero-order valence-corrected chi connectivity index (χ0v) is 4.82. The highest BCUT2D eigenvalue weighted by molar-refractivity contribution is 5.99. The molecule has 0 bridgehead atoms. The molecular formula is C2O2Si2. The van der Waals surface area contributed by atoms with Gasteiger partial charge in [0.2, 0.25) is 0 Å². The van der Waals surface area contributed by atoms with Crippen LogP contribution in [0.2, 0.25) is 0 Å². The molecule has 0 spiro atoms. The van der Waals surface area contributed by atoms with Crippen LogP contribution in [-0.4, -0.2) is 21.0 Å². The molecule has 0 atom stereocenters. The van der Waals surface area contributed by atoms with Crippen LogP contribution in [-0.2, 0) is 8.85 Å². The summed E-state index contributed by atoms with van der Waals surface area (Å²) in [5, 5.41) is 0. The summed E-state index contributed by atoms with van der Waals surface area (Å²) < 4.78 is 8.14. The minimum atomic E-state index is 2.09. The first-order chi connectivity index (χ1) is 2.91. The number of rotatable bonds is 0. The van der Waals surface area contributed by atoms with Crippen LogP contribution < -0.4 is 0 Å². The van der Waals surface area contributed by atoms with E-state index in [0.29, 0.717) is 0 Å². The van der Waals surface area contributed by atoms with Gasteiger partial charge >= 0.3 is 21.0 Å². The normalized spacial score (nSPS) is 5.00. The first-order valence-electron chi connectivity index (χ1n) is 1.07. The fraction of sp³-hybridized carbons (Fsp3) is 0. The summed E-state index contributed by atoms with van der Waals surface area (Å²) in [6, 6.07) is 0. The van der Waals surface area contributed by atoms with Crippen LogP contribution in [0.5, 0.6) is 0 Å². The molecule has 0 rings (SSSR count). The van der Waals surface area contributed by atoms with E-state index in [1.165, 1.54) is 0 Å². The Morgan fingerprint density at radius 1 is 1.00 bits per heavy atom. The van der Waals surface area contributed by atoms with E-state index in [2.05, 4.69) is 42.0 Å². The Hall–Kier alpha value is -0.406. The minimum Gasteiger partial charge on any atom is -0.497 e. The third kappa shape index (κ3) is 3.59. The lowest BCUT2D eigenvalue weighted by atomic mass is 11.2. The molecule has 0 aromatic heterocycles. The predicted molar refractivity (Wildman–Crippen MR) is 21.5 cm³/mol. The van der Waals surface area contributed by atoms with Crippen molar-refractivity contribution >= 4 is 21.0 Å². The molecule has 0 fully saturated rings. The second-order valence-electron chi connectivity index (χ2n) is 0.408. The second kappa shape index (κ2) is 4.59. The van der Waals surface area contributed by atoms with Crippen molar-refractivity contribution in [1.29, 1.82) is 0 Å². The van der Waals surface area contributed by atoms with E-state index in [4.69, 9.17) is 0 Å². The lowest BCUT2D eigenvalue weighted by molar-refractivity contribution is 0.533. The topological polar surface area (TPSA) is 18.5 Å². The summed E-state index contributed by atoms with van der Waals surface area (Å²) in [7, 11) is 5.23. The van der Waals surface area contributed by atoms with E-state index in [9.17, 15) is 0 Å². The minimum absolute atomic E-state index is 2.09. The Morgan fingerprint density at radius 3 is 1.50 bits per heavy atom. The monoisotopic (exact) mass is 112 g/mol. The first-order valence-corrected chi connectivity index (χ1v) is 1.88. The van der Waals surface area contributed by atoms with E-state index >= 15 is 0 Å². The molecular weight excluding hydrogens is 112 g/mol. The molecule has 0 aliphatic carbocycles. The van der Waals surface area contributed by atoms with Crippen LogP contribution in [0.25, 0.3) is 0 Å². The molecule has 0 saturated heterocycles. The van der Waals surface area contributed by atoms with Crippen LogP contribution in [0.15, 0.2) is 0 Å². The highest BCUT2D eigenvalue weighted by atomic mass is 28.2. The van der Waals surface area contributed by atoms with E-state index in [1.54, 1.807) is 0 Å². The van der Waals surface area contributed by atoms with Gasteiger partial charge in [0.25, 0.3) is 0 Å². The smallest absolute Gasteiger partial charge is 0.360 e. The maximum absolute atomic E-state index is 4.07. The summed E-state index contributed by atoms with van der Waals surface area (Å²) in [5.41, 5.74) is 0. The molecule has 28 valence electrons. The van der Waals surface area contributed by atoms with Crippen molar-refractivity contribution in [2.45, 2.75) is 0 Å². The quantitative estimate of drug-likeness (QED) is 0.299. The summed E-state index contributed by atoms with van der Waals surface area (Å²) in [6.07, 6.45) is 4.18. The van der Waals surface area contributed by atoms with Crippen molar-refractivity contribution in [3.8, 4) is 12.2 Å². The maximum atomic E-state index is 4.07. The van der Waals surface area contributed by atoms with Gasteiger partial charge in [0.15, 0.2) is 0 Å². The summed E-state index contributed by atoms with van der Waals surface area (Å²) >= 11 is 0. The number of hydrogen-bond acceptors (Lipinski definition) is 2. The zero-order chi connectivity index (χ0) is 4.83. The molecule has 6 heavy (non-hydrogen) atoms. The van der Waals surface area contributed by atoms with Gasteiger partial charge < -0.3 is 8.85 Å². The Kier molecular flexibility index (Phi) is 4.28. The van der Waals surface area contributed by atoms with Crippen molar-refractivity contribution in [2.75, 3.05) is 0 Å². The van der Waals surface area contributed by atoms with E-state index in [1.807, 2.05) is 0 Å². The Morgan fingerprint density at radius 2 is 1.33 bits per heavy atom. The van der Waals surface area contributed by atoms with E-state index in [0.717, 1.165) is 0 Å². The third-order valence-electron chi connectivity index (χ3n) is 0.144. The van der Waals surface area contributed by atoms with Crippen molar-refractivity contribution < 1.29 is 8.85 Å². The van der Waals surface area contributed by atoms with Gasteiger partial charge in [0.05, 0.1) is 0 Å². The van der Waals surface area contributed by atoms with Gasteiger partial charge in [-0.25, -0.2) is 0 Å². The molecule has 2 nitrogen and oxygen atoms in total. The van der Waals surface area contributed by atoms with Crippen molar-refractivity contribution in [2.24, 2.45) is 0 Å². The van der Waals surface area contributed by atoms with Crippen LogP contribution in [0, 0.1) is 12.2 Å². The molecule has 0 aromatic carbocycles. The van der Waals surface area contributed by atoms with Gasteiger partial charge in [-0.3, -0.25) is 0 Å². The maximum Gasteiger partial charge on any atom is 0.360 e. The lowest BCUT2D eigenvalue weighted by Gasteiger charge is -1.74. The standard InChI is InChI=1S/C2O2Si2/c5-3-1-2-4-6. The fourth-order valence-corrected chi connectivity index (χ4v) is 0.125. The van der Waals surface area contributed by atoms with Gasteiger partial charge in [0.1, 0.15) is 12.2 Å². The average Bonchev–Trinajstić information content (AvgIpc) is 1.61. The van der Waals surface area contributed by atoms with Crippen LogP contribution in [0.4, 0.5) is 0 Å². The van der Waals surface area contributed by atoms with Gasteiger partial charge in [-0.2, -0.15) is 0 Å². The summed E-state index contributed by atoms with van der Waals surface area (Å²) in [5.74, 6) is 0. The second-order valence-corrected chi connectivity index (χ2v) is 0.816. The van der Waals surface area contributed by atoms with Crippen LogP contribution in [0.3, 0.4) is 0 Å². The molecule has 0 amide bonds. The molecule has 0 saturated carbocycles. The van der Waals surface area contributed by atoms with E-state index in [-0.39, 0.29) is 0 Å². The molecule has 0 aromatic rings. The lowest BCUT2D eigenvalue weighted by Crippen LogP contribution is -1.71. The van der Waals surface area contributed by atoms with Crippen LogP contribution >= 0.6 is 0 Å². The average molecular weight is 112 g/mol. The van der Waals surface area contributed by atoms with Crippen molar-refractivity contribution in [3.05, 3.63) is 0 Å². The fourth-order valence-electron chi connectivity index (χ4n) is 0.0417. The largest absolute Gasteiger partial charge is 0.497 e. The molecule has 0 N–H and O–H groups in total. The molecule has 4 heteroatoms. The van der Waals surface area contributed by atoms with Gasteiger partial charge in [-0.05, 0) is 0 Å². The van der Waals surface area contributed by atoms with Gasteiger partial charge in [-0.15, -0.1) is 0 Å².